The van der Waals surface area contributed by atoms with Crippen molar-refractivity contribution in [2.45, 2.75) is 20.8 Å². The van der Waals surface area contributed by atoms with Gasteiger partial charge < -0.3 is 19.9 Å². The topological polar surface area (TPSA) is 83.5 Å². The molecule has 1 saturated heterocycles. The number of piperazine rings is 1. The Bertz CT molecular complexity index is 774. The maximum Gasteiger partial charge on any atom is 0.409 e. The Morgan fingerprint density at radius 3 is 2.73 bits per heavy atom. The van der Waals surface area contributed by atoms with Crippen LogP contribution in [0, 0.1) is 13.8 Å². The molecule has 1 aromatic heterocycles. The molecular weight excluding hydrogens is 332 g/mol. The number of nitrogens with one attached hydrogen (secondary N) is 1. The number of hydrogen-bond acceptors (Lipinski definition) is 7. The minimum atomic E-state index is -0.259. The molecule has 3 rings (SSSR count). The van der Waals surface area contributed by atoms with Crippen molar-refractivity contribution in [1.29, 1.82) is 0 Å². The summed E-state index contributed by atoms with van der Waals surface area (Å²) >= 11 is 0. The predicted molar refractivity (Wildman–Crippen MR) is 99.8 cm³/mol. The predicted octanol–water partition coefficient (Wildman–Crippen LogP) is 2.51. The first-order valence-corrected chi connectivity index (χ1v) is 8.78. The van der Waals surface area contributed by atoms with E-state index in [4.69, 9.17) is 4.74 Å². The molecule has 1 aliphatic rings. The Hall–Kier alpha value is -2.90. The molecule has 2 aromatic rings. The van der Waals surface area contributed by atoms with Gasteiger partial charge in [0.15, 0.2) is 5.82 Å². The third-order valence-corrected chi connectivity index (χ3v) is 4.53. The number of ether oxygens (including phenoxy) is 1. The van der Waals surface area contributed by atoms with E-state index in [0.29, 0.717) is 38.7 Å². The number of anilines is 3. The van der Waals surface area contributed by atoms with E-state index < -0.39 is 0 Å². The maximum absolute atomic E-state index is 11.8. The van der Waals surface area contributed by atoms with E-state index in [9.17, 15) is 4.79 Å². The second-order valence-corrected chi connectivity index (χ2v) is 6.18. The molecule has 1 fully saturated rings. The zero-order valence-electron chi connectivity index (χ0n) is 15.4. The number of hydrogen-bond donors (Lipinski definition) is 1. The van der Waals surface area contributed by atoms with Crippen molar-refractivity contribution in [2.75, 3.05) is 43.0 Å². The standard InChI is InChI=1S/C18H24N6O2/c1-4-26-18(25)24-10-8-23(9-11-24)16-12-19-22-17(21-16)20-15-7-5-6-13(2)14(15)3/h5-7,12H,4,8-11H2,1-3H3,(H,20,21,22). The number of rotatable bonds is 4. The van der Waals surface area contributed by atoms with Crippen LogP contribution in [0.4, 0.5) is 22.2 Å². The fraction of sp³-hybridized carbons (Fsp3) is 0.444. The summed E-state index contributed by atoms with van der Waals surface area (Å²) in [6, 6.07) is 6.06. The fourth-order valence-corrected chi connectivity index (χ4v) is 2.84. The minimum absolute atomic E-state index is 0.259. The summed E-state index contributed by atoms with van der Waals surface area (Å²) in [6.45, 7) is 8.89. The van der Waals surface area contributed by atoms with Crippen LogP contribution in [0.3, 0.4) is 0 Å². The van der Waals surface area contributed by atoms with Crippen LogP contribution in [0.2, 0.25) is 0 Å². The van der Waals surface area contributed by atoms with Gasteiger partial charge in [0.2, 0.25) is 5.95 Å². The van der Waals surface area contributed by atoms with Gasteiger partial charge >= 0.3 is 6.09 Å². The molecule has 8 nitrogen and oxygen atoms in total. The molecule has 1 N–H and O–H groups in total. The Kier molecular flexibility index (Phi) is 5.50. The summed E-state index contributed by atoms with van der Waals surface area (Å²) in [7, 11) is 0. The van der Waals surface area contributed by atoms with Gasteiger partial charge in [-0.25, -0.2) is 4.79 Å². The Balaban J connectivity index is 1.67. The lowest BCUT2D eigenvalue weighted by atomic mass is 10.1. The van der Waals surface area contributed by atoms with E-state index in [2.05, 4.69) is 45.3 Å². The Morgan fingerprint density at radius 2 is 2.00 bits per heavy atom. The second kappa shape index (κ2) is 7.99. The summed E-state index contributed by atoms with van der Waals surface area (Å²) in [5.41, 5.74) is 3.33. The summed E-state index contributed by atoms with van der Waals surface area (Å²) in [4.78, 5) is 20.2. The molecule has 0 spiro atoms. The van der Waals surface area contributed by atoms with Gasteiger partial charge in [-0.15, -0.1) is 5.10 Å². The number of amides is 1. The third-order valence-electron chi connectivity index (χ3n) is 4.53. The normalized spacial score (nSPS) is 14.3. The number of carbonyl (C=O) groups is 1. The van der Waals surface area contributed by atoms with Crippen molar-refractivity contribution in [1.82, 2.24) is 20.1 Å². The van der Waals surface area contributed by atoms with Crippen LogP contribution in [0.1, 0.15) is 18.1 Å². The van der Waals surface area contributed by atoms with Crippen LogP contribution in [0.25, 0.3) is 0 Å². The van der Waals surface area contributed by atoms with E-state index in [0.717, 1.165) is 17.1 Å². The molecule has 0 radical (unpaired) electrons. The van der Waals surface area contributed by atoms with Crippen LogP contribution in [-0.4, -0.2) is 59.0 Å². The Labute approximate surface area is 153 Å². The highest BCUT2D eigenvalue weighted by Crippen LogP contribution is 2.22. The van der Waals surface area contributed by atoms with Gasteiger partial charge in [-0.2, -0.15) is 10.1 Å². The maximum atomic E-state index is 11.8. The molecule has 0 atom stereocenters. The average molecular weight is 356 g/mol. The smallest absolute Gasteiger partial charge is 0.409 e. The molecule has 0 aliphatic carbocycles. The van der Waals surface area contributed by atoms with Gasteiger partial charge in [0.25, 0.3) is 0 Å². The molecule has 0 saturated carbocycles. The van der Waals surface area contributed by atoms with E-state index in [1.165, 1.54) is 5.56 Å². The van der Waals surface area contributed by atoms with Crippen molar-refractivity contribution in [3.63, 3.8) is 0 Å². The highest BCUT2D eigenvalue weighted by atomic mass is 16.6. The molecule has 138 valence electrons. The molecule has 1 aromatic carbocycles. The zero-order chi connectivity index (χ0) is 18.5. The van der Waals surface area contributed by atoms with Crippen molar-refractivity contribution in [2.24, 2.45) is 0 Å². The fourth-order valence-electron chi connectivity index (χ4n) is 2.84. The van der Waals surface area contributed by atoms with Gasteiger partial charge in [0.05, 0.1) is 12.8 Å². The Morgan fingerprint density at radius 1 is 1.23 bits per heavy atom. The van der Waals surface area contributed by atoms with Gasteiger partial charge in [0.1, 0.15) is 0 Å². The lowest BCUT2D eigenvalue weighted by Crippen LogP contribution is -2.49. The number of benzene rings is 1. The summed E-state index contributed by atoms with van der Waals surface area (Å²) in [5.74, 6) is 1.21. The van der Waals surface area contributed by atoms with E-state index in [1.54, 1.807) is 11.1 Å². The minimum Gasteiger partial charge on any atom is -0.450 e. The first-order valence-electron chi connectivity index (χ1n) is 8.78. The second-order valence-electron chi connectivity index (χ2n) is 6.18. The molecule has 8 heteroatoms. The van der Waals surface area contributed by atoms with Gasteiger partial charge in [-0.3, -0.25) is 0 Å². The van der Waals surface area contributed by atoms with Crippen LogP contribution >= 0.6 is 0 Å². The molecule has 2 heterocycles. The van der Waals surface area contributed by atoms with E-state index in [-0.39, 0.29) is 6.09 Å². The highest BCUT2D eigenvalue weighted by Gasteiger charge is 2.23. The van der Waals surface area contributed by atoms with Crippen molar-refractivity contribution in [3.05, 3.63) is 35.5 Å². The number of nitrogens with zero attached hydrogens (tertiary/aromatic N) is 5. The van der Waals surface area contributed by atoms with Crippen LogP contribution < -0.4 is 10.2 Å². The molecule has 0 bridgehead atoms. The van der Waals surface area contributed by atoms with Crippen molar-refractivity contribution in [3.8, 4) is 0 Å². The zero-order valence-corrected chi connectivity index (χ0v) is 15.4. The molecular formula is C18H24N6O2. The van der Waals surface area contributed by atoms with Crippen LogP contribution in [-0.2, 0) is 4.74 Å². The molecule has 26 heavy (non-hydrogen) atoms. The molecule has 1 aliphatic heterocycles. The molecule has 1 amide bonds. The molecule has 0 unspecified atom stereocenters. The summed E-state index contributed by atoms with van der Waals surface area (Å²) < 4.78 is 5.05. The SMILES string of the molecule is CCOC(=O)N1CCN(c2cnnc(Nc3cccc(C)c3C)n2)CC1. The first-order chi connectivity index (χ1) is 12.6. The highest BCUT2D eigenvalue weighted by molar-refractivity contribution is 5.68. The average Bonchev–Trinajstić information content (AvgIpc) is 2.66. The number of carbonyl (C=O) groups excluding carboxylic acids is 1. The monoisotopic (exact) mass is 356 g/mol. The van der Waals surface area contributed by atoms with Gasteiger partial charge in [0, 0.05) is 31.9 Å². The lowest BCUT2D eigenvalue weighted by Gasteiger charge is -2.34. The first kappa shape index (κ1) is 17.9. The van der Waals surface area contributed by atoms with Crippen LogP contribution in [0.15, 0.2) is 24.4 Å². The van der Waals surface area contributed by atoms with Crippen LogP contribution in [0.5, 0.6) is 0 Å². The summed E-state index contributed by atoms with van der Waals surface area (Å²) in [6.07, 6.45) is 1.39. The van der Waals surface area contributed by atoms with Crippen molar-refractivity contribution >= 4 is 23.5 Å². The largest absolute Gasteiger partial charge is 0.450 e. The third kappa shape index (κ3) is 4.01. The number of aromatic nitrogens is 3. The lowest BCUT2D eigenvalue weighted by molar-refractivity contribution is 0.105. The van der Waals surface area contributed by atoms with Gasteiger partial charge in [-0.1, -0.05) is 12.1 Å². The number of aryl methyl sites for hydroxylation is 1. The van der Waals surface area contributed by atoms with E-state index >= 15 is 0 Å². The van der Waals surface area contributed by atoms with E-state index in [1.807, 2.05) is 19.1 Å². The quantitative estimate of drug-likeness (QED) is 0.901. The van der Waals surface area contributed by atoms with Crippen molar-refractivity contribution < 1.29 is 9.53 Å². The van der Waals surface area contributed by atoms with Gasteiger partial charge in [-0.05, 0) is 38.0 Å². The summed E-state index contributed by atoms with van der Waals surface area (Å²) in [5, 5.41) is 11.4.